The Morgan fingerprint density at radius 1 is 1.40 bits per heavy atom. The molecule has 2 aliphatic heterocycles. The molecule has 1 unspecified atom stereocenters. The lowest BCUT2D eigenvalue weighted by atomic mass is 10.1. The molecule has 0 saturated carbocycles. The maximum Gasteiger partial charge on any atom is 0.242 e. The largest absolute Gasteiger partial charge is 0.345 e. The minimum absolute atomic E-state index is 0.0348. The topological polar surface area (TPSA) is 61.4 Å². The summed E-state index contributed by atoms with van der Waals surface area (Å²) >= 11 is 0. The van der Waals surface area contributed by atoms with Crippen molar-refractivity contribution in [2.75, 3.05) is 26.2 Å². The van der Waals surface area contributed by atoms with Crippen molar-refractivity contribution in [1.29, 1.82) is 0 Å². The molecular formula is C10H17N3O2. The lowest BCUT2D eigenvalue weighted by Gasteiger charge is -2.27. The van der Waals surface area contributed by atoms with Crippen molar-refractivity contribution in [3.05, 3.63) is 0 Å². The van der Waals surface area contributed by atoms with Gasteiger partial charge in [0.15, 0.2) is 0 Å². The van der Waals surface area contributed by atoms with E-state index < -0.39 is 0 Å². The third-order valence-corrected chi connectivity index (χ3v) is 3.03. The highest BCUT2D eigenvalue weighted by molar-refractivity contribution is 5.92. The van der Waals surface area contributed by atoms with Crippen molar-refractivity contribution < 1.29 is 9.59 Å². The van der Waals surface area contributed by atoms with Crippen LogP contribution in [0.3, 0.4) is 0 Å². The number of nitrogens with zero attached hydrogens (tertiary/aromatic N) is 1. The van der Waals surface area contributed by atoms with E-state index in [2.05, 4.69) is 10.6 Å². The van der Waals surface area contributed by atoms with Gasteiger partial charge in [-0.15, -0.1) is 0 Å². The summed E-state index contributed by atoms with van der Waals surface area (Å²) in [6.07, 6.45) is 3.37. The number of hydrogen-bond acceptors (Lipinski definition) is 3. The zero-order valence-corrected chi connectivity index (χ0v) is 8.79. The summed E-state index contributed by atoms with van der Waals surface area (Å²) in [5.74, 6) is -0.0124. The summed E-state index contributed by atoms with van der Waals surface area (Å²) < 4.78 is 0. The minimum atomic E-state index is -0.0472. The SMILES string of the molecule is O=C1CN(CCC2CCCN2)C(=O)CN1. The Balaban J connectivity index is 1.76. The first kappa shape index (κ1) is 10.4. The zero-order chi connectivity index (χ0) is 10.7. The second-order valence-corrected chi connectivity index (χ2v) is 4.17. The number of carbonyl (C=O) groups excluding carboxylic acids is 2. The summed E-state index contributed by atoms with van der Waals surface area (Å²) in [4.78, 5) is 24.2. The molecule has 5 nitrogen and oxygen atoms in total. The van der Waals surface area contributed by atoms with Crippen LogP contribution in [0.4, 0.5) is 0 Å². The van der Waals surface area contributed by atoms with E-state index in [1.165, 1.54) is 12.8 Å². The van der Waals surface area contributed by atoms with E-state index in [4.69, 9.17) is 0 Å². The molecule has 2 heterocycles. The maximum absolute atomic E-state index is 11.4. The van der Waals surface area contributed by atoms with Crippen molar-refractivity contribution in [3.8, 4) is 0 Å². The van der Waals surface area contributed by atoms with Gasteiger partial charge in [-0.2, -0.15) is 0 Å². The highest BCUT2D eigenvalue weighted by Gasteiger charge is 2.24. The highest BCUT2D eigenvalue weighted by atomic mass is 16.2. The Hall–Kier alpha value is -1.10. The molecule has 0 radical (unpaired) electrons. The van der Waals surface area contributed by atoms with Crippen LogP contribution in [0.25, 0.3) is 0 Å². The highest BCUT2D eigenvalue weighted by Crippen LogP contribution is 2.10. The summed E-state index contributed by atoms with van der Waals surface area (Å²) in [6, 6.07) is 0.530. The predicted molar refractivity (Wildman–Crippen MR) is 55.2 cm³/mol. The maximum atomic E-state index is 11.4. The van der Waals surface area contributed by atoms with Gasteiger partial charge in [0.25, 0.3) is 0 Å². The quantitative estimate of drug-likeness (QED) is 0.635. The molecule has 2 rings (SSSR count). The first-order chi connectivity index (χ1) is 7.25. The van der Waals surface area contributed by atoms with Crippen LogP contribution in [0.5, 0.6) is 0 Å². The first-order valence-electron chi connectivity index (χ1n) is 5.53. The molecule has 1 atom stereocenters. The second kappa shape index (κ2) is 4.61. The van der Waals surface area contributed by atoms with E-state index in [1.54, 1.807) is 4.90 Å². The molecule has 0 aliphatic carbocycles. The zero-order valence-electron chi connectivity index (χ0n) is 8.79. The summed E-state index contributed by atoms with van der Waals surface area (Å²) in [6.45, 7) is 2.17. The van der Waals surface area contributed by atoms with Gasteiger partial charge in [0.05, 0.1) is 13.1 Å². The fraction of sp³-hybridized carbons (Fsp3) is 0.800. The van der Waals surface area contributed by atoms with Gasteiger partial charge in [0, 0.05) is 12.6 Å². The monoisotopic (exact) mass is 211 g/mol. The van der Waals surface area contributed by atoms with Crippen LogP contribution in [0.1, 0.15) is 19.3 Å². The van der Waals surface area contributed by atoms with Gasteiger partial charge in [-0.05, 0) is 25.8 Å². The molecule has 0 aromatic heterocycles. The average molecular weight is 211 g/mol. The van der Waals surface area contributed by atoms with Crippen LogP contribution in [0.2, 0.25) is 0 Å². The third-order valence-electron chi connectivity index (χ3n) is 3.03. The third kappa shape index (κ3) is 2.68. The molecule has 5 heteroatoms. The van der Waals surface area contributed by atoms with Gasteiger partial charge in [0.2, 0.25) is 11.8 Å². The van der Waals surface area contributed by atoms with Crippen LogP contribution in [0.15, 0.2) is 0 Å². The Morgan fingerprint density at radius 2 is 2.27 bits per heavy atom. The Morgan fingerprint density at radius 3 is 3.00 bits per heavy atom. The Bertz CT molecular complexity index is 261. The molecule has 2 fully saturated rings. The summed E-state index contributed by atoms with van der Waals surface area (Å²) in [7, 11) is 0. The molecule has 2 N–H and O–H groups in total. The number of carbonyl (C=O) groups is 2. The smallest absolute Gasteiger partial charge is 0.242 e. The molecule has 15 heavy (non-hydrogen) atoms. The Kier molecular flexibility index (Phi) is 3.20. The first-order valence-corrected chi connectivity index (χ1v) is 5.53. The van der Waals surface area contributed by atoms with Crippen molar-refractivity contribution in [1.82, 2.24) is 15.5 Å². The van der Waals surface area contributed by atoms with Crippen LogP contribution in [0, 0.1) is 0 Å². The van der Waals surface area contributed by atoms with Crippen molar-refractivity contribution in [2.45, 2.75) is 25.3 Å². The molecular weight excluding hydrogens is 194 g/mol. The van der Waals surface area contributed by atoms with Gasteiger partial charge in [-0.1, -0.05) is 0 Å². The van der Waals surface area contributed by atoms with Gasteiger partial charge < -0.3 is 15.5 Å². The Labute approximate surface area is 89.2 Å². The van der Waals surface area contributed by atoms with E-state index in [0.29, 0.717) is 12.6 Å². The molecule has 84 valence electrons. The second-order valence-electron chi connectivity index (χ2n) is 4.17. The molecule has 0 spiro atoms. The predicted octanol–water partition coefficient (Wildman–Crippen LogP) is -0.913. The normalized spacial score (nSPS) is 26.9. The van der Waals surface area contributed by atoms with Crippen LogP contribution in [-0.4, -0.2) is 48.9 Å². The van der Waals surface area contributed by atoms with Crippen LogP contribution < -0.4 is 10.6 Å². The van der Waals surface area contributed by atoms with E-state index in [-0.39, 0.29) is 24.9 Å². The number of amides is 2. The van der Waals surface area contributed by atoms with E-state index in [1.807, 2.05) is 0 Å². The summed E-state index contributed by atoms with van der Waals surface area (Å²) in [5.41, 5.74) is 0. The fourth-order valence-corrected chi connectivity index (χ4v) is 2.12. The minimum Gasteiger partial charge on any atom is -0.345 e. The molecule has 2 amide bonds. The van der Waals surface area contributed by atoms with Gasteiger partial charge in [0.1, 0.15) is 0 Å². The van der Waals surface area contributed by atoms with Gasteiger partial charge in [-0.3, -0.25) is 9.59 Å². The van der Waals surface area contributed by atoms with Crippen molar-refractivity contribution in [3.63, 3.8) is 0 Å². The van der Waals surface area contributed by atoms with E-state index in [0.717, 1.165) is 13.0 Å². The molecule has 2 aliphatic rings. The standard InChI is InChI=1S/C10H17N3O2/c14-9-7-13(10(15)6-12-9)5-3-8-2-1-4-11-8/h8,11H,1-7H2,(H,12,14). The van der Waals surface area contributed by atoms with Gasteiger partial charge in [-0.25, -0.2) is 0 Å². The summed E-state index contributed by atoms with van der Waals surface area (Å²) in [5, 5.41) is 5.93. The molecule has 2 saturated heterocycles. The van der Waals surface area contributed by atoms with Crippen molar-refractivity contribution in [2.24, 2.45) is 0 Å². The van der Waals surface area contributed by atoms with E-state index in [9.17, 15) is 9.59 Å². The average Bonchev–Trinajstić information content (AvgIpc) is 2.72. The molecule has 0 aromatic rings. The van der Waals surface area contributed by atoms with Crippen LogP contribution >= 0.6 is 0 Å². The van der Waals surface area contributed by atoms with Crippen molar-refractivity contribution >= 4 is 11.8 Å². The van der Waals surface area contributed by atoms with Gasteiger partial charge >= 0.3 is 0 Å². The number of hydrogen-bond donors (Lipinski definition) is 2. The number of rotatable bonds is 3. The van der Waals surface area contributed by atoms with Crippen LogP contribution in [-0.2, 0) is 9.59 Å². The van der Waals surface area contributed by atoms with E-state index >= 15 is 0 Å². The number of nitrogens with one attached hydrogen (secondary N) is 2. The molecule has 0 bridgehead atoms. The lowest BCUT2D eigenvalue weighted by Crippen LogP contribution is -2.52. The lowest BCUT2D eigenvalue weighted by molar-refractivity contribution is -0.140. The molecule has 0 aromatic carbocycles. The number of piperazine rings is 1. The fourth-order valence-electron chi connectivity index (χ4n) is 2.12.